The summed E-state index contributed by atoms with van der Waals surface area (Å²) in [7, 11) is 0. The molecular weight excluding hydrogens is 224 g/mol. The van der Waals surface area contributed by atoms with Crippen LogP contribution in [-0.2, 0) is 14.3 Å². The Bertz CT molecular complexity index is 264. The molecule has 1 rings (SSSR count). The monoisotopic (exact) mass is 244 g/mol. The molecule has 0 aromatic heterocycles. The number of carboxylic acid groups (broad SMARTS) is 1. The lowest BCUT2D eigenvalue weighted by Crippen LogP contribution is -2.43. The minimum absolute atomic E-state index is 0.00267. The van der Waals surface area contributed by atoms with Gasteiger partial charge in [-0.15, -0.1) is 0 Å². The second kappa shape index (κ2) is 7.24. The Morgan fingerprint density at radius 3 is 2.47 bits per heavy atom. The first-order valence-corrected chi connectivity index (χ1v) is 5.87. The molecule has 6 nitrogen and oxygen atoms in total. The van der Waals surface area contributed by atoms with Crippen molar-refractivity contribution in [2.45, 2.75) is 13.3 Å². The van der Waals surface area contributed by atoms with Crippen molar-refractivity contribution in [2.75, 3.05) is 45.9 Å². The van der Waals surface area contributed by atoms with Crippen LogP contribution in [0.3, 0.4) is 0 Å². The Morgan fingerprint density at radius 1 is 1.29 bits per heavy atom. The third-order valence-electron chi connectivity index (χ3n) is 2.83. The third-order valence-corrected chi connectivity index (χ3v) is 2.83. The predicted molar refractivity (Wildman–Crippen MR) is 61.8 cm³/mol. The van der Waals surface area contributed by atoms with E-state index in [1.807, 2.05) is 0 Å². The summed E-state index contributed by atoms with van der Waals surface area (Å²) in [6.45, 7) is 6.35. The molecule has 0 aliphatic carbocycles. The van der Waals surface area contributed by atoms with E-state index in [1.54, 1.807) is 4.90 Å². The number of rotatable bonds is 6. The van der Waals surface area contributed by atoms with E-state index in [1.165, 1.54) is 6.92 Å². The van der Waals surface area contributed by atoms with Crippen LogP contribution in [0, 0.1) is 0 Å². The molecule has 98 valence electrons. The van der Waals surface area contributed by atoms with Crippen LogP contribution in [0.25, 0.3) is 0 Å². The molecule has 1 amide bonds. The molecule has 6 heteroatoms. The van der Waals surface area contributed by atoms with Gasteiger partial charge in [-0.2, -0.15) is 0 Å². The lowest BCUT2D eigenvalue weighted by molar-refractivity contribution is -0.138. The van der Waals surface area contributed by atoms with Gasteiger partial charge in [0, 0.05) is 39.6 Å². The van der Waals surface area contributed by atoms with E-state index in [9.17, 15) is 9.59 Å². The predicted octanol–water partition coefficient (Wildman–Crippen LogP) is -0.358. The topological polar surface area (TPSA) is 70.1 Å². The number of amides is 1. The van der Waals surface area contributed by atoms with E-state index in [-0.39, 0.29) is 18.9 Å². The second-order valence-electron chi connectivity index (χ2n) is 4.10. The minimum atomic E-state index is -0.873. The van der Waals surface area contributed by atoms with Crippen LogP contribution in [0.5, 0.6) is 0 Å². The second-order valence-corrected chi connectivity index (χ2v) is 4.10. The summed E-state index contributed by atoms with van der Waals surface area (Å²) >= 11 is 0. The van der Waals surface area contributed by atoms with Crippen LogP contribution in [0.2, 0.25) is 0 Å². The summed E-state index contributed by atoms with van der Waals surface area (Å²) in [5.74, 6) is -0.942. The Morgan fingerprint density at radius 2 is 1.94 bits per heavy atom. The molecule has 17 heavy (non-hydrogen) atoms. The summed E-state index contributed by atoms with van der Waals surface area (Å²) in [4.78, 5) is 25.6. The van der Waals surface area contributed by atoms with Crippen LogP contribution in [0.15, 0.2) is 0 Å². The summed E-state index contributed by atoms with van der Waals surface area (Å²) in [6, 6.07) is 0. The molecule has 0 aromatic rings. The summed E-state index contributed by atoms with van der Waals surface area (Å²) in [5, 5.41) is 8.60. The third kappa shape index (κ3) is 5.65. The number of carbonyl (C=O) groups excluding carboxylic acids is 1. The molecule has 0 spiro atoms. The van der Waals surface area contributed by atoms with Crippen molar-refractivity contribution in [1.29, 1.82) is 0 Å². The fourth-order valence-electron chi connectivity index (χ4n) is 1.74. The van der Waals surface area contributed by atoms with Gasteiger partial charge in [0.05, 0.1) is 19.6 Å². The maximum atomic E-state index is 11.3. The lowest BCUT2D eigenvalue weighted by atomic mass is 10.3. The van der Waals surface area contributed by atoms with Crippen LogP contribution < -0.4 is 0 Å². The molecule has 1 saturated heterocycles. The first-order chi connectivity index (χ1) is 8.09. The maximum Gasteiger partial charge on any atom is 0.305 e. The summed E-state index contributed by atoms with van der Waals surface area (Å²) in [6.07, 6.45) is 0.00267. The van der Waals surface area contributed by atoms with Gasteiger partial charge < -0.3 is 14.7 Å². The fraction of sp³-hybridized carbons (Fsp3) is 0.818. The highest BCUT2D eigenvalue weighted by Crippen LogP contribution is 1.99. The van der Waals surface area contributed by atoms with Gasteiger partial charge in [0.1, 0.15) is 0 Å². The van der Waals surface area contributed by atoms with E-state index in [2.05, 4.69) is 4.90 Å². The molecule has 0 aromatic carbocycles. The van der Waals surface area contributed by atoms with Crippen LogP contribution in [0.4, 0.5) is 0 Å². The number of hydrogen-bond donors (Lipinski definition) is 1. The fourth-order valence-corrected chi connectivity index (χ4v) is 1.74. The van der Waals surface area contributed by atoms with Crippen LogP contribution in [0.1, 0.15) is 13.3 Å². The Labute approximate surface area is 101 Å². The van der Waals surface area contributed by atoms with Crippen molar-refractivity contribution in [3.63, 3.8) is 0 Å². The zero-order chi connectivity index (χ0) is 12.7. The van der Waals surface area contributed by atoms with Gasteiger partial charge in [-0.3, -0.25) is 14.5 Å². The first-order valence-electron chi connectivity index (χ1n) is 5.87. The van der Waals surface area contributed by atoms with Crippen molar-refractivity contribution < 1.29 is 19.4 Å². The largest absolute Gasteiger partial charge is 0.481 e. The van der Waals surface area contributed by atoms with Crippen LogP contribution in [-0.4, -0.2) is 72.7 Å². The lowest BCUT2D eigenvalue weighted by Gasteiger charge is -2.29. The molecule has 0 radical (unpaired) electrons. The quantitative estimate of drug-likeness (QED) is 0.691. The molecule has 1 fully saturated rings. The number of ether oxygens (including phenoxy) is 1. The van der Waals surface area contributed by atoms with Gasteiger partial charge in [-0.05, 0) is 0 Å². The molecule has 1 aliphatic rings. The van der Waals surface area contributed by atoms with E-state index >= 15 is 0 Å². The Kier molecular flexibility index (Phi) is 5.93. The molecular formula is C11H20N2O4. The van der Waals surface area contributed by atoms with E-state index in [4.69, 9.17) is 9.84 Å². The zero-order valence-corrected chi connectivity index (χ0v) is 10.2. The molecule has 1 heterocycles. The van der Waals surface area contributed by atoms with Crippen molar-refractivity contribution in [1.82, 2.24) is 9.80 Å². The zero-order valence-electron chi connectivity index (χ0n) is 10.2. The number of nitrogens with zero attached hydrogens (tertiary/aromatic N) is 2. The highest BCUT2D eigenvalue weighted by molar-refractivity contribution is 5.74. The maximum absolute atomic E-state index is 11.3. The standard InChI is InChI=1S/C11H20N2O4/c1-10(14)13(3-2-11(15)16)5-4-12-6-8-17-9-7-12/h2-9H2,1H3,(H,15,16). The highest BCUT2D eigenvalue weighted by Gasteiger charge is 2.14. The normalized spacial score (nSPS) is 16.8. The van der Waals surface area contributed by atoms with E-state index in [0.29, 0.717) is 6.54 Å². The molecule has 0 bridgehead atoms. The van der Waals surface area contributed by atoms with Crippen molar-refractivity contribution in [2.24, 2.45) is 0 Å². The highest BCUT2D eigenvalue weighted by atomic mass is 16.5. The number of hydrogen-bond acceptors (Lipinski definition) is 4. The van der Waals surface area contributed by atoms with Gasteiger partial charge in [0.25, 0.3) is 0 Å². The molecule has 0 atom stereocenters. The van der Waals surface area contributed by atoms with Gasteiger partial charge >= 0.3 is 5.97 Å². The summed E-state index contributed by atoms with van der Waals surface area (Å²) in [5.41, 5.74) is 0. The molecule has 1 aliphatic heterocycles. The van der Waals surface area contributed by atoms with Gasteiger partial charge in [-0.25, -0.2) is 0 Å². The van der Waals surface area contributed by atoms with Gasteiger partial charge in [0.15, 0.2) is 0 Å². The average Bonchev–Trinajstić information content (AvgIpc) is 2.29. The van der Waals surface area contributed by atoms with Gasteiger partial charge in [-0.1, -0.05) is 0 Å². The Balaban J connectivity index is 2.27. The van der Waals surface area contributed by atoms with Crippen molar-refractivity contribution in [3.8, 4) is 0 Å². The molecule has 0 saturated carbocycles. The summed E-state index contributed by atoms with van der Waals surface area (Å²) < 4.78 is 5.23. The molecule has 1 N–H and O–H groups in total. The number of carbonyl (C=O) groups is 2. The SMILES string of the molecule is CC(=O)N(CCC(=O)O)CCN1CCOCC1. The van der Waals surface area contributed by atoms with Gasteiger partial charge in [0.2, 0.25) is 5.91 Å². The van der Waals surface area contributed by atoms with Crippen LogP contribution >= 0.6 is 0 Å². The van der Waals surface area contributed by atoms with E-state index < -0.39 is 5.97 Å². The first kappa shape index (κ1) is 13.9. The van der Waals surface area contributed by atoms with Crippen molar-refractivity contribution in [3.05, 3.63) is 0 Å². The number of aliphatic carboxylic acids is 1. The minimum Gasteiger partial charge on any atom is -0.481 e. The smallest absolute Gasteiger partial charge is 0.305 e. The number of carboxylic acids is 1. The average molecular weight is 244 g/mol. The Hall–Kier alpha value is -1.14. The number of morpholine rings is 1. The van der Waals surface area contributed by atoms with Crippen molar-refractivity contribution >= 4 is 11.9 Å². The van der Waals surface area contributed by atoms with E-state index in [0.717, 1.165) is 32.8 Å². The molecule has 0 unspecified atom stereocenters.